The first-order valence-electron chi connectivity index (χ1n) is 17.2. The predicted octanol–water partition coefficient (Wildman–Crippen LogP) is 10.1. The maximum absolute atomic E-state index is 13.6. The van der Waals surface area contributed by atoms with Crippen LogP contribution in [0.1, 0.15) is 147 Å². The van der Waals surface area contributed by atoms with Crippen LogP contribution in [0, 0.1) is 5.92 Å². The summed E-state index contributed by atoms with van der Waals surface area (Å²) in [4.78, 5) is 13.6. The van der Waals surface area contributed by atoms with E-state index in [9.17, 15) is 9.90 Å². The van der Waals surface area contributed by atoms with E-state index in [4.69, 9.17) is 14.2 Å². The van der Waals surface area contributed by atoms with Crippen LogP contribution in [-0.2, 0) is 9.47 Å². The Morgan fingerprint density at radius 2 is 1.14 bits per heavy atom. The van der Waals surface area contributed by atoms with Crippen molar-refractivity contribution >= 4 is 5.78 Å². The number of hydrogen-bond acceptors (Lipinski definition) is 5. The monoisotopic (exact) mass is 584 g/mol. The van der Waals surface area contributed by atoms with Crippen molar-refractivity contribution in [3.63, 3.8) is 0 Å². The van der Waals surface area contributed by atoms with E-state index in [0.717, 1.165) is 44.3 Å². The molecular formula is C37H60O5. The van der Waals surface area contributed by atoms with Crippen molar-refractivity contribution in [2.24, 2.45) is 5.92 Å². The lowest BCUT2D eigenvalue weighted by molar-refractivity contribution is -0.184. The maximum Gasteiger partial charge on any atom is 0.203 e. The summed E-state index contributed by atoms with van der Waals surface area (Å²) in [5.41, 5.74) is 0.531. The highest BCUT2D eigenvalue weighted by Gasteiger charge is 2.42. The Kier molecular flexibility index (Phi) is 19.3. The van der Waals surface area contributed by atoms with Crippen molar-refractivity contribution < 1.29 is 24.1 Å². The topological polar surface area (TPSA) is 65.0 Å². The molecular weight excluding hydrogens is 524 g/mol. The van der Waals surface area contributed by atoms with Gasteiger partial charge in [0.15, 0.2) is 5.78 Å². The number of hydrogen-bond donors (Lipinski definition) is 1. The predicted molar refractivity (Wildman–Crippen MR) is 174 cm³/mol. The second-order valence-electron chi connectivity index (χ2n) is 11.9. The summed E-state index contributed by atoms with van der Waals surface area (Å²) in [5.74, 6) is -1.42. The van der Waals surface area contributed by atoms with Gasteiger partial charge in [0.25, 0.3) is 0 Å². The Bertz CT molecular complexity index is 890. The van der Waals surface area contributed by atoms with Crippen LogP contribution in [-0.4, -0.2) is 36.5 Å². The normalized spacial score (nSPS) is 18.2. The molecule has 5 heteroatoms. The Morgan fingerprint density at radius 3 is 1.69 bits per heavy atom. The summed E-state index contributed by atoms with van der Waals surface area (Å²) in [7, 11) is 0. The van der Waals surface area contributed by atoms with Crippen LogP contribution in [0.15, 0.2) is 48.3 Å². The Morgan fingerprint density at radius 1 is 0.667 bits per heavy atom. The van der Waals surface area contributed by atoms with E-state index in [0.29, 0.717) is 31.1 Å². The van der Waals surface area contributed by atoms with E-state index in [2.05, 4.69) is 20.8 Å². The molecule has 0 saturated heterocycles. The minimum atomic E-state index is -1.74. The molecule has 0 bridgehead atoms. The molecule has 238 valence electrons. The first-order chi connectivity index (χ1) is 20.5. The average Bonchev–Trinajstić information content (AvgIpc) is 3.00. The van der Waals surface area contributed by atoms with Gasteiger partial charge in [-0.2, -0.15) is 0 Å². The van der Waals surface area contributed by atoms with E-state index in [1.54, 1.807) is 30.4 Å². The van der Waals surface area contributed by atoms with Gasteiger partial charge in [-0.3, -0.25) is 4.79 Å². The zero-order valence-corrected chi connectivity index (χ0v) is 27.0. The Hall–Kier alpha value is -2.11. The van der Waals surface area contributed by atoms with Gasteiger partial charge >= 0.3 is 0 Å². The fourth-order valence-corrected chi connectivity index (χ4v) is 5.32. The van der Waals surface area contributed by atoms with Gasteiger partial charge in [0.1, 0.15) is 11.5 Å². The van der Waals surface area contributed by atoms with Gasteiger partial charge in [0.2, 0.25) is 5.79 Å². The average molecular weight is 585 g/mol. The van der Waals surface area contributed by atoms with Crippen LogP contribution in [0.2, 0.25) is 0 Å². The number of aliphatic hydroxyl groups is 1. The Labute approximate surface area is 257 Å². The van der Waals surface area contributed by atoms with E-state index in [-0.39, 0.29) is 5.78 Å². The third kappa shape index (κ3) is 14.4. The lowest BCUT2D eigenvalue weighted by atomic mass is 9.86. The summed E-state index contributed by atoms with van der Waals surface area (Å²) >= 11 is 0. The number of rotatable bonds is 26. The van der Waals surface area contributed by atoms with Gasteiger partial charge in [-0.05, 0) is 49.6 Å². The van der Waals surface area contributed by atoms with Gasteiger partial charge < -0.3 is 19.3 Å². The number of benzene rings is 1. The zero-order chi connectivity index (χ0) is 30.3. The molecule has 2 rings (SSSR count). The SMILES string of the molecule is CCCCCCCCOC1=CC(O)(OCCCCCCCC)C(C(=O)c2ccc(OCCCCCCCC)cc2)C=C1. The third-order valence-corrected chi connectivity index (χ3v) is 8.03. The molecule has 1 aromatic carbocycles. The molecule has 0 aromatic heterocycles. The number of unbranched alkanes of at least 4 members (excludes halogenated alkanes) is 15. The van der Waals surface area contributed by atoms with Gasteiger partial charge in [0, 0.05) is 11.6 Å². The van der Waals surface area contributed by atoms with Gasteiger partial charge in [-0.15, -0.1) is 0 Å². The maximum atomic E-state index is 13.6. The molecule has 1 aliphatic carbocycles. The highest BCUT2D eigenvalue weighted by molar-refractivity contribution is 6.00. The van der Waals surface area contributed by atoms with Crippen LogP contribution in [0.4, 0.5) is 0 Å². The van der Waals surface area contributed by atoms with Gasteiger partial charge in [0.05, 0.1) is 25.7 Å². The molecule has 0 spiro atoms. The van der Waals surface area contributed by atoms with Crippen LogP contribution >= 0.6 is 0 Å². The van der Waals surface area contributed by atoms with Crippen molar-refractivity contribution in [1.82, 2.24) is 0 Å². The van der Waals surface area contributed by atoms with Crippen LogP contribution in [0.25, 0.3) is 0 Å². The highest BCUT2D eigenvalue weighted by atomic mass is 16.6. The van der Waals surface area contributed by atoms with Gasteiger partial charge in [-0.25, -0.2) is 0 Å². The number of allylic oxidation sites excluding steroid dienone is 1. The van der Waals surface area contributed by atoms with Crippen LogP contribution < -0.4 is 4.74 Å². The van der Waals surface area contributed by atoms with E-state index >= 15 is 0 Å². The van der Waals surface area contributed by atoms with E-state index < -0.39 is 11.7 Å². The highest BCUT2D eigenvalue weighted by Crippen LogP contribution is 2.33. The lowest BCUT2D eigenvalue weighted by Crippen LogP contribution is -2.44. The molecule has 1 aliphatic rings. The fraction of sp³-hybridized carbons (Fsp3) is 0.703. The summed E-state index contributed by atoms with van der Waals surface area (Å²) in [6, 6.07) is 7.26. The number of ketones is 1. The number of Topliss-reactive ketones (excluding diaryl/α,β-unsaturated/α-hetero) is 1. The van der Waals surface area contributed by atoms with Crippen molar-refractivity contribution in [2.75, 3.05) is 19.8 Å². The van der Waals surface area contributed by atoms with Crippen molar-refractivity contribution in [3.05, 3.63) is 53.8 Å². The summed E-state index contributed by atoms with van der Waals surface area (Å²) < 4.78 is 17.9. The largest absolute Gasteiger partial charge is 0.494 e. The minimum Gasteiger partial charge on any atom is -0.494 e. The minimum absolute atomic E-state index is 0.176. The zero-order valence-electron chi connectivity index (χ0n) is 27.0. The second-order valence-corrected chi connectivity index (χ2v) is 11.9. The van der Waals surface area contributed by atoms with E-state index in [1.807, 2.05) is 12.1 Å². The molecule has 0 radical (unpaired) electrons. The molecule has 0 amide bonds. The summed E-state index contributed by atoms with van der Waals surface area (Å²) in [6.45, 7) is 8.33. The van der Waals surface area contributed by atoms with Crippen LogP contribution in [0.5, 0.6) is 5.75 Å². The summed E-state index contributed by atoms with van der Waals surface area (Å²) in [6.07, 6.45) is 26.3. The quantitative estimate of drug-likeness (QED) is 0.0667. The molecule has 5 nitrogen and oxygen atoms in total. The number of carbonyl (C=O) groups is 1. The smallest absolute Gasteiger partial charge is 0.203 e. The van der Waals surface area contributed by atoms with Crippen LogP contribution in [0.3, 0.4) is 0 Å². The molecule has 0 heterocycles. The molecule has 0 saturated carbocycles. The molecule has 1 aromatic rings. The molecule has 42 heavy (non-hydrogen) atoms. The molecule has 2 unspecified atom stereocenters. The van der Waals surface area contributed by atoms with E-state index in [1.165, 1.54) is 77.0 Å². The second kappa shape index (κ2) is 22.4. The lowest BCUT2D eigenvalue weighted by Gasteiger charge is -2.34. The van der Waals surface area contributed by atoms with Crippen molar-refractivity contribution in [1.29, 1.82) is 0 Å². The fourth-order valence-electron chi connectivity index (χ4n) is 5.32. The first kappa shape index (κ1) is 36.1. The number of ether oxygens (including phenoxy) is 3. The molecule has 0 aliphatic heterocycles. The van der Waals surface area contributed by atoms with Crippen molar-refractivity contribution in [2.45, 2.75) is 142 Å². The molecule has 1 N–H and O–H groups in total. The third-order valence-electron chi connectivity index (χ3n) is 8.03. The molecule has 0 fully saturated rings. The molecule has 2 atom stereocenters. The summed E-state index contributed by atoms with van der Waals surface area (Å²) in [5, 5.41) is 11.7. The number of carbonyl (C=O) groups excluding carboxylic acids is 1. The van der Waals surface area contributed by atoms with Gasteiger partial charge in [-0.1, -0.05) is 123 Å². The first-order valence-corrected chi connectivity index (χ1v) is 17.2. The van der Waals surface area contributed by atoms with Crippen molar-refractivity contribution in [3.8, 4) is 5.75 Å². The Balaban J connectivity index is 1.95. The standard InChI is InChI=1S/C37H60O5/c1-4-7-10-13-16-19-28-40-33-24-22-32(23-25-33)36(38)35-27-26-34(41-29-20-17-14-11-8-5-2)31-37(35,39)42-30-21-18-15-12-9-6-3/h22-27,31,35,39H,4-21,28-30H2,1-3H3.